The largest absolute Gasteiger partial charge is 0.771 e. The van der Waals surface area contributed by atoms with Gasteiger partial charge in [-0.1, -0.05) is 0 Å². The molecule has 8 nitrogen and oxygen atoms in total. The molecule has 2 fully saturated rings. The van der Waals surface area contributed by atoms with Gasteiger partial charge >= 0.3 is 0 Å². The van der Waals surface area contributed by atoms with Crippen molar-refractivity contribution in [2.24, 2.45) is 0 Å². The van der Waals surface area contributed by atoms with Crippen LogP contribution in [-0.2, 0) is 22.4 Å². The van der Waals surface area contributed by atoms with Crippen molar-refractivity contribution in [3.8, 4) is 0 Å². The molecule has 4 rings (SSSR count). The molecule has 0 aliphatic carbocycles. The lowest BCUT2D eigenvalue weighted by molar-refractivity contribution is 0.122. The molecular weight excluding hydrogens is 410 g/mol. The molecule has 27 heavy (non-hydrogen) atoms. The second-order valence-electron chi connectivity index (χ2n) is 6.67. The molecule has 1 atom stereocenters. The number of rotatable bonds is 5. The Kier molecular flexibility index (Phi) is 6.22. The van der Waals surface area contributed by atoms with Crippen LogP contribution in [0.15, 0.2) is 6.07 Å². The number of nitrogens with zero attached hydrogens (tertiary/aromatic N) is 5. The number of halogens is 1. The van der Waals surface area contributed by atoms with Crippen molar-refractivity contribution >= 4 is 50.1 Å². The van der Waals surface area contributed by atoms with Crippen LogP contribution in [0.1, 0.15) is 4.88 Å². The molecule has 0 bridgehead atoms. The number of anilines is 1. The van der Waals surface area contributed by atoms with Gasteiger partial charge in [-0.05, 0) is 28.7 Å². The average Bonchev–Trinajstić information content (AvgIpc) is 3.05. The monoisotopic (exact) mass is 430 g/mol. The summed E-state index contributed by atoms with van der Waals surface area (Å²) in [5.41, 5.74) is 0. The molecule has 0 spiro atoms. The van der Waals surface area contributed by atoms with Gasteiger partial charge in [0.1, 0.15) is 10.6 Å². The van der Waals surface area contributed by atoms with Crippen LogP contribution >= 0.6 is 22.9 Å². The topological polar surface area (TPSA) is 84.9 Å². The predicted octanol–water partition coefficient (Wildman–Crippen LogP) is 1.14. The molecular formula is C16H21ClN5O3S2-. The zero-order chi connectivity index (χ0) is 18.8. The zero-order valence-corrected chi connectivity index (χ0v) is 17.2. The van der Waals surface area contributed by atoms with E-state index in [-0.39, 0.29) is 11.2 Å². The Bertz CT molecular complexity index is 822. The van der Waals surface area contributed by atoms with Crippen LogP contribution in [0.5, 0.6) is 0 Å². The number of aromatic nitrogens is 2. The van der Waals surface area contributed by atoms with Gasteiger partial charge in [-0.25, -0.2) is 4.98 Å². The summed E-state index contributed by atoms with van der Waals surface area (Å²) in [5.74, 6) is 1.01. The Morgan fingerprint density at radius 2 is 1.85 bits per heavy atom. The first kappa shape index (κ1) is 19.4. The maximum atomic E-state index is 10.8. The van der Waals surface area contributed by atoms with Crippen LogP contribution in [0, 0.1) is 0 Å². The summed E-state index contributed by atoms with van der Waals surface area (Å²) >= 11 is 5.80. The molecule has 4 heterocycles. The van der Waals surface area contributed by atoms with E-state index in [1.54, 1.807) is 11.3 Å². The van der Waals surface area contributed by atoms with Gasteiger partial charge < -0.3 is 14.2 Å². The lowest BCUT2D eigenvalue weighted by Gasteiger charge is -2.34. The summed E-state index contributed by atoms with van der Waals surface area (Å²) in [5, 5.41) is 1.32. The highest BCUT2D eigenvalue weighted by Crippen LogP contribution is 2.33. The molecule has 2 aromatic rings. The Balaban J connectivity index is 1.48. The fourth-order valence-electron chi connectivity index (χ4n) is 3.47. The van der Waals surface area contributed by atoms with Crippen molar-refractivity contribution in [2.45, 2.75) is 6.54 Å². The number of hydrogen-bond acceptors (Lipinski definition) is 9. The molecule has 2 aromatic heterocycles. The molecule has 1 unspecified atom stereocenters. The van der Waals surface area contributed by atoms with Gasteiger partial charge in [0.15, 0.2) is 0 Å². The van der Waals surface area contributed by atoms with Crippen molar-refractivity contribution in [2.75, 3.05) is 63.3 Å². The third-order valence-electron chi connectivity index (χ3n) is 4.84. The van der Waals surface area contributed by atoms with E-state index >= 15 is 0 Å². The minimum atomic E-state index is -2.01. The van der Waals surface area contributed by atoms with Crippen molar-refractivity contribution in [3.63, 3.8) is 0 Å². The highest BCUT2D eigenvalue weighted by molar-refractivity contribution is 7.79. The van der Waals surface area contributed by atoms with Gasteiger partial charge in [0, 0.05) is 50.7 Å². The lowest BCUT2D eigenvalue weighted by Crippen LogP contribution is -2.46. The summed E-state index contributed by atoms with van der Waals surface area (Å²) in [4.78, 5) is 17.5. The van der Waals surface area contributed by atoms with Gasteiger partial charge in [0.25, 0.3) is 0 Å². The van der Waals surface area contributed by atoms with Gasteiger partial charge in [-0.15, -0.1) is 11.3 Å². The third-order valence-corrected chi connectivity index (χ3v) is 6.60. The van der Waals surface area contributed by atoms with Gasteiger partial charge in [0.05, 0.1) is 24.5 Å². The van der Waals surface area contributed by atoms with Crippen molar-refractivity contribution in [1.29, 1.82) is 0 Å². The zero-order valence-electron chi connectivity index (χ0n) is 14.8. The Hall–Kier alpha value is -0.880. The molecule has 11 heteroatoms. The summed E-state index contributed by atoms with van der Waals surface area (Å²) in [6.45, 7) is 7.06. The summed E-state index contributed by atoms with van der Waals surface area (Å²) in [6, 6.07) is 2.17. The number of thiophene rings is 1. The quantitative estimate of drug-likeness (QED) is 0.515. The molecule has 2 aliphatic heterocycles. The Morgan fingerprint density at radius 3 is 2.56 bits per heavy atom. The molecule has 0 amide bonds. The highest BCUT2D eigenvalue weighted by Gasteiger charge is 2.21. The maximum absolute atomic E-state index is 10.8. The summed E-state index contributed by atoms with van der Waals surface area (Å²) in [6.07, 6.45) is 0. The molecule has 2 saturated heterocycles. The Morgan fingerprint density at radius 1 is 1.15 bits per heavy atom. The summed E-state index contributed by atoms with van der Waals surface area (Å²) < 4.78 is 27.1. The number of morpholine rings is 1. The number of piperazine rings is 1. The fourth-order valence-corrected chi connectivity index (χ4v) is 5.31. The molecule has 0 radical (unpaired) electrons. The van der Waals surface area contributed by atoms with E-state index < -0.39 is 11.1 Å². The highest BCUT2D eigenvalue weighted by atomic mass is 35.5. The average molecular weight is 431 g/mol. The predicted molar refractivity (Wildman–Crippen MR) is 106 cm³/mol. The number of hydrogen-bond donors (Lipinski definition) is 0. The van der Waals surface area contributed by atoms with Gasteiger partial charge in [-0.2, -0.15) is 4.98 Å². The van der Waals surface area contributed by atoms with E-state index in [0.717, 1.165) is 61.8 Å². The van der Waals surface area contributed by atoms with Crippen LogP contribution in [-0.4, -0.2) is 86.9 Å². The van der Waals surface area contributed by atoms with Crippen molar-refractivity contribution in [1.82, 2.24) is 19.8 Å². The van der Waals surface area contributed by atoms with E-state index in [0.29, 0.717) is 13.2 Å². The van der Waals surface area contributed by atoms with Crippen LogP contribution in [0.3, 0.4) is 0 Å². The first-order chi connectivity index (χ1) is 13.1. The van der Waals surface area contributed by atoms with E-state index in [2.05, 4.69) is 25.8 Å². The van der Waals surface area contributed by atoms with Crippen molar-refractivity contribution < 1.29 is 13.5 Å². The fraction of sp³-hybridized carbons (Fsp3) is 0.625. The number of ether oxygens (including phenoxy) is 1. The molecule has 2 aliphatic rings. The third kappa shape index (κ3) is 4.76. The number of fused-ring (bicyclic) bond motifs is 1. The molecule has 148 valence electrons. The minimum absolute atomic E-state index is 0.119. The minimum Gasteiger partial charge on any atom is -0.771 e. The van der Waals surface area contributed by atoms with Crippen LogP contribution < -0.4 is 4.90 Å². The Labute approximate surface area is 169 Å². The first-order valence-corrected chi connectivity index (χ1v) is 11.3. The first-order valence-electron chi connectivity index (χ1n) is 8.88. The van der Waals surface area contributed by atoms with E-state index in [9.17, 15) is 8.76 Å². The molecule has 0 N–H and O–H groups in total. The molecule has 0 saturated carbocycles. The standard InChI is InChI=1S/C16H22ClN5O3S2/c17-16-18-14(22-5-7-25-8-6-22)13-9-12(26-15(13)19-16)10-20-1-3-21(4-2-20)11-27(23)24/h9H,1-8,10-11H2,(H,23,24)/p-1. The normalized spacial score (nSPS) is 21.0. The van der Waals surface area contributed by atoms with Crippen LogP contribution in [0.4, 0.5) is 5.82 Å². The van der Waals surface area contributed by atoms with E-state index in [1.165, 1.54) is 4.88 Å². The SMILES string of the molecule is O=S([O-])CN1CCN(Cc2cc3c(N4CCOCC4)nc(Cl)nc3s2)CC1. The summed E-state index contributed by atoms with van der Waals surface area (Å²) in [7, 11) is 0. The van der Waals surface area contributed by atoms with Crippen LogP contribution in [0.25, 0.3) is 10.2 Å². The van der Waals surface area contributed by atoms with Crippen LogP contribution in [0.2, 0.25) is 5.28 Å². The van der Waals surface area contributed by atoms with Gasteiger partial charge in [-0.3, -0.25) is 14.0 Å². The van der Waals surface area contributed by atoms with E-state index in [4.69, 9.17) is 16.3 Å². The lowest BCUT2D eigenvalue weighted by atomic mass is 10.2. The smallest absolute Gasteiger partial charge is 0.225 e. The maximum Gasteiger partial charge on any atom is 0.225 e. The second-order valence-corrected chi connectivity index (χ2v) is 8.99. The van der Waals surface area contributed by atoms with E-state index in [1.807, 2.05) is 4.90 Å². The van der Waals surface area contributed by atoms with Crippen molar-refractivity contribution in [3.05, 3.63) is 16.2 Å². The molecule has 0 aromatic carbocycles. The second kappa shape index (κ2) is 8.64. The van der Waals surface area contributed by atoms with Gasteiger partial charge in [0.2, 0.25) is 5.28 Å².